The lowest BCUT2D eigenvalue weighted by atomic mass is 10.0. The molecule has 1 heterocycles. The molecule has 19 heavy (non-hydrogen) atoms. The number of rotatable bonds is 1. The molecule has 0 aliphatic carbocycles. The first-order valence-corrected chi connectivity index (χ1v) is 6.66. The largest absolute Gasteiger partial charge is 0.452 e. The van der Waals surface area contributed by atoms with E-state index in [4.69, 9.17) is 9.47 Å². The molecule has 0 fully saturated rings. The number of benzene rings is 2. The van der Waals surface area contributed by atoms with Crippen LogP contribution in [0.25, 0.3) is 11.1 Å². The van der Waals surface area contributed by atoms with Gasteiger partial charge < -0.3 is 9.47 Å². The Hall–Kier alpha value is -1.96. The van der Waals surface area contributed by atoms with Crippen molar-refractivity contribution in [1.29, 1.82) is 0 Å². The van der Waals surface area contributed by atoms with E-state index in [-0.39, 0.29) is 5.92 Å². The summed E-state index contributed by atoms with van der Waals surface area (Å²) < 4.78 is 12.3. The minimum Gasteiger partial charge on any atom is -0.452 e. The zero-order chi connectivity index (χ0) is 13.5. The van der Waals surface area contributed by atoms with Crippen molar-refractivity contribution in [3.63, 3.8) is 0 Å². The van der Waals surface area contributed by atoms with Gasteiger partial charge in [-0.25, -0.2) is 0 Å². The molecule has 2 heteroatoms. The van der Waals surface area contributed by atoms with Gasteiger partial charge in [0, 0.05) is 24.0 Å². The SMILES string of the molecule is CC(C)C1(C)Oc2ccccc2-c2ccccc2O1. The van der Waals surface area contributed by atoms with Crippen molar-refractivity contribution < 1.29 is 9.47 Å². The summed E-state index contributed by atoms with van der Waals surface area (Å²) in [5.74, 6) is 1.35. The van der Waals surface area contributed by atoms with E-state index >= 15 is 0 Å². The minimum atomic E-state index is -0.650. The molecule has 0 radical (unpaired) electrons. The van der Waals surface area contributed by atoms with Crippen LogP contribution < -0.4 is 9.47 Å². The molecule has 2 nitrogen and oxygen atoms in total. The maximum Gasteiger partial charge on any atom is 0.250 e. The average Bonchev–Trinajstić information content (AvgIpc) is 2.53. The average molecular weight is 254 g/mol. The molecule has 1 aliphatic heterocycles. The molecule has 0 aromatic heterocycles. The third kappa shape index (κ3) is 1.97. The van der Waals surface area contributed by atoms with Gasteiger partial charge in [0.05, 0.1) is 0 Å². The van der Waals surface area contributed by atoms with Gasteiger partial charge in [0.2, 0.25) is 0 Å². The topological polar surface area (TPSA) is 18.5 Å². The second-order valence-electron chi connectivity index (χ2n) is 5.37. The molecule has 0 saturated heterocycles. The van der Waals surface area contributed by atoms with E-state index in [1.807, 2.05) is 43.3 Å². The summed E-state index contributed by atoms with van der Waals surface area (Å²) in [6, 6.07) is 16.2. The highest BCUT2D eigenvalue weighted by molar-refractivity contribution is 5.76. The lowest BCUT2D eigenvalue weighted by Crippen LogP contribution is -2.43. The number of hydrogen-bond donors (Lipinski definition) is 0. The monoisotopic (exact) mass is 254 g/mol. The summed E-state index contributed by atoms with van der Waals surface area (Å²) in [6.07, 6.45) is 0. The zero-order valence-corrected chi connectivity index (χ0v) is 11.5. The molecule has 3 rings (SSSR count). The van der Waals surface area contributed by atoms with Crippen LogP contribution in [0.2, 0.25) is 0 Å². The highest BCUT2D eigenvalue weighted by atomic mass is 16.7. The summed E-state index contributed by atoms with van der Waals surface area (Å²) >= 11 is 0. The molecule has 0 spiro atoms. The van der Waals surface area contributed by atoms with Crippen molar-refractivity contribution in [1.82, 2.24) is 0 Å². The Balaban J connectivity index is 2.24. The lowest BCUT2D eigenvalue weighted by Gasteiger charge is -2.33. The first-order valence-electron chi connectivity index (χ1n) is 6.66. The third-order valence-corrected chi connectivity index (χ3v) is 3.74. The van der Waals surface area contributed by atoms with Crippen molar-refractivity contribution in [2.24, 2.45) is 5.92 Å². The maximum atomic E-state index is 6.17. The van der Waals surface area contributed by atoms with E-state index in [1.54, 1.807) is 0 Å². The van der Waals surface area contributed by atoms with Crippen LogP contribution in [0.15, 0.2) is 48.5 Å². The van der Waals surface area contributed by atoms with Gasteiger partial charge in [0.15, 0.2) is 0 Å². The second-order valence-corrected chi connectivity index (χ2v) is 5.37. The number of hydrogen-bond acceptors (Lipinski definition) is 2. The van der Waals surface area contributed by atoms with Crippen LogP contribution in [0.5, 0.6) is 11.5 Å². The van der Waals surface area contributed by atoms with E-state index < -0.39 is 5.79 Å². The van der Waals surface area contributed by atoms with Gasteiger partial charge in [0.1, 0.15) is 11.5 Å². The van der Waals surface area contributed by atoms with Crippen LogP contribution in [0.1, 0.15) is 20.8 Å². The molecule has 1 aliphatic rings. The number of para-hydroxylation sites is 2. The van der Waals surface area contributed by atoms with E-state index in [2.05, 4.69) is 26.0 Å². The lowest BCUT2D eigenvalue weighted by molar-refractivity contribution is -0.129. The van der Waals surface area contributed by atoms with Gasteiger partial charge in [-0.3, -0.25) is 0 Å². The van der Waals surface area contributed by atoms with E-state index in [0.717, 1.165) is 22.6 Å². The molecule has 2 aromatic rings. The summed E-state index contributed by atoms with van der Waals surface area (Å²) in [6.45, 7) is 6.21. The number of ether oxygens (including phenoxy) is 2. The molecule has 0 bridgehead atoms. The summed E-state index contributed by atoms with van der Waals surface area (Å²) in [7, 11) is 0. The molecular formula is C17H18O2. The van der Waals surface area contributed by atoms with Crippen LogP contribution in [0.4, 0.5) is 0 Å². The smallest absolute Gasteiger partial charge is 0.250 e. The van der Waals surface area contributed by atoms with Crippen molar-refractivity contribution in [3.05, 3.63) is 48.5 Å². The van der Waals surface area contributed by atoms with Gasteiger partial charge in [-0.2, -0.15) is 0 Å². The second kappa shape index (κ2) is 4.30. The van der Waals surface area contributed by atoms with Crippen molar-refractivity contribution >= 4 is 0 Å². The van der Waals surface area contributed by atoms with E-state index in [9.17, 15) is 0 Å². The van der Waals surface area contributed by atoms with Gasteiger partial charge >= 0.3 is 0 Å². The van der Waals surface area contributed by atoms with E-state index in [1.165, 1.54) is 0 Å². The molecular weight excluding hydrogens is 236 g/mol. The quantitative estimate of drug-likeness (QED) is 0.746. The Kier molecular flexibility index (Phi) is 2.74. The fourth-order valence-electron chi connectivity index (χ4n) is 2.25. The van der Waals surface area contributed by atoms with Gasteiger partial charge in [-0.1, -0.05) is 50.2 Å². The maximum absolute atomic E-state index is 6.17. The normalized spacial score (nSPS) is 15.8. The van der Waals surface area contributed by atoms with Crippen LogP contribution in [0, 0.1) is 5.92 Å². The molecule has 0 saturated carbocycles. The summed E-state index contributed by atoms with van der Waals surface area (Å²) in [5.41, 5.74) is 2.17. The van der Waals surface area contributed by atoms with Crippen molar-refractivity contribution in [2.75, 3.05) is 0 Å². The molecule has 0 N–H and O–H groups in total. The van der Waals surface area contributed by atoms with Gasteiger partial charge in [0.25, 0.3) is 5.79 Å². The Bertz CT molecular complexity index is 554. The Labute approximate surface area is 114 Å². The Morgan fingerprint density at radius 2 is 1.21 bits per heavy atom. The highest BCUT2D eigenvalue weighted by Gasteiger charge is 2.36. The number of fused-ring (bicyclic) bond motifs is 3. The predicted octanol–water partition coefficient (Wildman–Crippen LogP) is 4.50. The molecule has 0 amide bonds. The zero-order valence-electron chi connectivity index (χ0n) is 11.5. The fourth-order valence-corrected chi connectivity index (χ4v) is 2.25. The Morgan fingerprint density at radius 1 is 0.789 bits per heavy atom. The van der Waals surface area contributed by atoms with Crippen LogP contribution >= 0.6 is 0 Å². The molecule has 0 atom stereocenters. The van der Waals surface area contributed by atoms with Crippen LogP contribution in [0.3, 0.4) is 0 Å². The van der Waals surface area contributed by atoms with E-state index in [0.29, 0.717) is 0 Å². The first-order chi connectivity index (χ1) is 9.10. The van der Waals surface area contributed by atoms with Gasteiger partial charge in [-0.15, -0.1) is 0 Å². The minimum absolute atomic E-state index is 0.242. The van der Waals surface area contributed by atoms with Crippen molar-refractivity contribution in [2.45, 2.75) is 26.6 Å². The molecule has 98 valence electrons. The molecule has 2 aromatic carbocycles. The Morgan fingerprint density at radius 3 is 1.63 bits per heavy atom. The van der Waals surface area contributed by atoms with Crippen LogP contribution in [-0.4, -0.2) is 5.79 Å². The van der Waals surface area contributed by atoms with Crippen LogP contribution in [-0.2, 0) is 0 Å². The molecule has 0 unspecified atom stereocenters. The summed E-state index contributed by atoms with van der Waals surface area (Å²) in [4.78, 5) is 0. The third-order valence-electron chi connectivity index (χ3n) is 3.74. The standard InChI is InChI=1S/C17H18O2/c1-12(2)17(3)18-15-10-6-4-8-13(15)14-9-5-7-11-16(14)19-17/h4-12H,1-3H3. The van der Waals surface area contributed by atoms with Gasteiger partial charge in [-0.05, 0) is 12.1 Å². The summed E-state index contributed by atoms with van der Waals surface area (Å²) in [5, 5.41) is 0. The fraction of sp³-hybridized carbons (Fsp3) is 0.294. The highest BCUT2D eigenvalue weighted by Crippen LogP contribution is 2.43. The first kappa shape index (κ1) is 12.1. The van der Waals surface area contributed by atoms with Crippen molar-refractivity contribution in [3.8, 4) is 22.6 Å². The predicted molar refractivity (Wildman–Crippen MR) is 76.4 cm³/mol.